The van der Waals surface area contributed by atoms with E-state index in [1.807, 2.05) is 0 Å². The fraction of sp³-hybridized carbons (Fsp3) is 0.533. The van der Waals surface area contributed by atoms with Gasteiger partial charge >= 0.3 is 0 Å². The number of ether oxygens (including phenoxy) is 1. The van der Waals surface area contributed by atoms with Gasteiger partial charge in [0.15, 0.2) is 0 Å². The summed E-state index contributed by atoms with van der Waals surface area (Å²) in [5.41, 5.74) is 0. The molecule has 1 aromatic carbocycles. The number of carbonyl (C=O) groups is 1. The van der Waals surface area contributed by atoms with Gasteiger partial charge in [-0.15, -0.1) is 0 Å². The van der Waals surface area contributed by atoms with Crippen LogP contribution in [0.4, 0.5) is 0 Å². The minimum atomic E-state index is -3.73. The van der Waals surface area contributed by atoms with Crippen LogP contribution in [0.25, 0.3) is 0 Å². The Morgan fingerprint density at radius 3 is 2.54 bits per heavy atom. The number of hydrogen-bond acceptors (Lipinski definition) is 5. The van der Waals surface area contributed by atoms with Crippen LogP contribution in [0.1, 0.15) is 6.92 Å². The van der Waals surface area contributed by atoms with Crippen LogP contribution in [0.3, 0.4) is 0 Å². The predicted octanol–water partition coefficient (Wildman–Crippen LogP) is 0.564. The number of sulfonamides is 1. The minimum absolute atomic E-state index is 0.124. The molecule has 24 heavy (non-hydrogen) atoms. The Labute approximate surface area is 150 Å². The van der Waals surface area contributed by atoms with Crippen LogP contribution in [-0.4, -0.2) is 64.7 Å². The van der Waals surface area contributed by atoms with Crippen molar-refractivity contribution in [2.75, 3.05) is 39.4 Å². The lowest BCUT2D eigenvalue weighted by atomic mass is 10.3. The zero-order valence-electron chi connectivity index (χ0n) is 13.5. The van der Waals surface area contributed by atoms with Crippen LogP contribution in [0.15, 0.2) is 33.6 Å². The number of nitrogens with zero attached hydrogens (tertiary/aromatic N) is 1. The van der Waals surface area contributed by atoms with Gasteiger partial charge in [-0.25, -0.2) is 8.42 Å². The van der Waals surface area contributed by atoms with Gasteiger partial charge in [-0.3, -0.25) is 9.69 Å². The van der Waals surface area contributed by atoms with Crippen molar-refractivity contribution < 1.29 is 17.9 Å². The second-order valence-corrected chi connectivity index (χ2v) is 8.17. The number of nitrogens with one attached hydrogen (secondary N) is 2. The number of amides is 1. The number of carbonyl (C=O) groups excluding carboxylic acids is 1. The van der Waals surface area contributed by atoms with Crippen LogP contribution in [0, 0.1) is 0 Å². The van der Waals surface area contributed by atoms with Gasteiger partial charge < -0.3 is 10.1 Å². The molecule has 1 amide bonds. The fourth-order valence-corrected chi connectivity index (χ4v) is 3.75. The molecule has 9 heteroatoms. The molecule has 1 aromatic rings. The monoisotopic (exact) mass is 419 g/mol. The first-order valence-corrected chi connectivity index (χ1v) is 10.0. The van der Waals surface area contributed by atoms with Gasteiger partial charge in [-0.05, 0) is 31.2 Å². The average molecular weight is 420 g/mol. The van der Waals surface area contributed by atoms with Crippen molar-refractivity contribution in [1.29, 1.82) is 0 Å². The molecule has 7 nitrogen and oxygen atoms in total. The Morgan fingerprint density at radius 1 is 1.29 bits per heavy atom. The normalized spacial score (nSPS) is 17.4. The number of halogens is 1. The van der Waals surface area contributed by atoms with E-state index in [0.717, 1.165) is 24.1 Å². The topological polar surface area (TPSA) is 87.7 Å². The smallest absolute Gasteiger partial charge is 0.241 e. The summed E-state index contributed by atoms with van der Waals surface area (Å²) in [6.45, 7) is 5.84. The fourth-order valence-electron chi connectivity index (χ4n) is 2.28. The maximum Gasteiger partial charge on any atom is 0.241 e. The quantitative estimate of drug-likeness (QED) is 0.674. The first-order chi connectivity index (χ1) is 11.4. The lowest BCUT2D eigenvalue weighted by molar-refractivity contribution is -0.122. The van der Waals surface area contributed by atoms with Crippen molar-refractivity contribution in [3.63, 3.8) is 0 Å². The molecule has 0 aliphatic carbocycles. The number of rotatable bonds is 7. The maximum absolute atomic E-state index is 12.3. The Morgan fingerprint density at radius 2 is 1.92 bits per heavy atom. The Balaban J connectivity index is 1.80. The average Bonchev–Trinajstić information content (AvgIpc) is 2.55. The van der Waals surface area contributed by atoms with Gasteiger partial charge in [0.05, 0.1) is 24.2 Å². The van der Waals surface area contributed by atoms with E-state index in [1.54, 1.807) is 12.1 Å². The zero-order valence-corrected chi connectivity index (χ0v) is 15.9. The zero-order chi connectivity index (χ0) is 17.6. The van der Waals surface area contributed by atoms with Crippen molar-refractivity contribution in [3.05, 3.63) is 28.7 Å². The summed E-state index contributed by atoms with van der Waals surface area (Å²) in [4.78, 5) is 14.4. The summed E-state index contributed by atoms with van der Waals surface area (Å²) in [5.74, 6) is -0.344. The van der Waals surface area contributed by atoms with Gasteiger partial charge in [0.25, 0.3) is 0 Å². The molecule has 0 radical (unpaired) electrons. The van der Waals surface area contributed by atoms with E-state index < -0.39 is 16.1 Å². The summed E-state index contributed by atoms with van der Waals surface area (Å²) in [5, 5.41) is 2.76. The molecule has 1 atom stereocenters. The lowest BCUT2D eigenvalue weighted by Crippen LogP contribution is -2.47. The van der Waals surface area contributed by atoms with E-state index in [1.165, 1.54) is 19.1 Å². The molecule has 0 saturated carbocycles. The summed E-state index contributed by atoms with van der Waals surface area (Å²) < 4.78 is 32.9. The highest BCUT2D eigenvalue weighted by Crippen LogP contribution is 2.14. The van der Waals surface area contributed by atoms with E-state index in [4.69, 9.17) is 4.74 Å². The first kappa shape index (κ1) is 19.3. The maximum atomic E-state index is 12.3. The molecule has 0 bridgehead atoms. The third kappa shape index (κ3) is 5.82. The standard InChI is InChI=1S/C15H22BrN3O4S/c1-12(15(20)17-6-7-19-8-10-23-11-9-19)18-24(21,22)14-4-2-13(16)3-5-14/h2-5,12,18H,6-11H2,1H3,(H,17,20)/t12-/m1/s1. The molecule has 1 aliphatic heterocycles. The van der Waals surface area contributed by atoms with Crippen molar-refractivity contribution in [3.8, 4) is 0 Å². The lowest BCUT2D eigenvalue weighted by Gasteiger charge is -2.26. The highest BCUT2D eigenvalue weighted by atomic mass is 79.9. The molecule has 0 spiro atoms. The van der Waals surface area contributed by atoms with Gasteiger partial charge in [0.1, 0.15) is 0 Å². The molecular weight excluding hydrogens is 398 g/mol. The van der Waals surface area contributed by atoms with Gasteiger partial charge in [0.2, 0.25) is 15.9 Å². The second-order valence-electron chi connectivity index (χ2n) is 5.54. The SMILES string of the molecule is C[C@@H](NS(=O)(=O)c1ccc(Br)cc1)C(=O)NCCN1CCOCC1. The van der Waals surface area contributed by atoms with E-state index in [9.17, 15) is 13.2 Å². The molecular formula is C15H22BrN3O4S. The van der Waals surface area contributed by atoms with Crippen LogP contribution >= 0.6 is 15.9 Å². The van der Waals surface area contributed by atoms with Crippen LogP contribution in [0.5, 0.6) is 0 Å². The summed E-state index contributed by atoms with van der Waals surface area (Å²) in [6, 6.07) is 5.40. The molecule has 0 aromatic heterocycles. The van der Waals surface area contributed by atoms with Crippen LogP contribution < -0.4 is 10.0 Å². The van der Waals surface area contributed by atoms with Crippen molar-refractivity contribution in [2.45, 2.75) is 17.9 Å². The highest BCUT2D eigenvalue weighted by molar-refractivity contribution is 9.10. The van der Waals surface area contributed by atoms with Crippen molar-refractivity contribution >= 4 is 31.9 Å². The second kappa shape index (κ2) is 8.91. The van der Waals surface area contributed by atoms with Crippen molar-refractivity contribution in [2.24, 2.45) is 0 Å². The third-order valence-corrected chi connectivity index (χ3v) is 5.77. The Kier molecular flexibility index (Phi) is 7.17. The Bertz CT molecular complexity index is 645. The van der Waals surface area contributed by atoms with Crippen LogP contribution in [-0.2, 0) is 19.6 Å². The number of benzene rings is 1. The van der Waals surface area contributed by atoms with E-state index >= 15 is 0 Å². The van der Waals surface area contributed by atoms with Gasteiger partial charge in [-0.1, -0.05) is 15.9 Å². The molecule has 1 aliphatic rings. The molecule has 0 unspecified atom stereocenters. The number of morpholine rings is 1. The van der Waals surface area contributed by atoms with Crippen molar-refractivity contribution in [1.82, 2.24) is 14.9 Å². The molecule has 2 rings (SSSR count). The van der Waals surface area contributed by atoms with Gasteiger partial charge in [-0.2, -0.15) is 4.72 Å². The van der Waals surface area contributed by atoms with E-state index in [-0.39, 0.29) is 10.8 Å². The van der Waals surface area contributed by atoms with Gasteiger partial charge in [0, 0.05) is 30.7 Å². The van der Waals surface area contributed by atoms with E-state index in [0.29, 0.717) is 19.8 Å². The number of hydrogen-bond donors (Lipinski definition) is 2. The summed E-state index contributed by atoms with van der Waals surface area (Å²) in [6.07, 6.45) is 0. The molecule has 134 valence electrons. The highest BCUT2D eigenvalue weighted by Gasteiger charge is 2.22. The summed E-state index contributed by atoms with van der Waals surface area (Å²) >= 11 is 3.26. The Hall–Kier alpha value is -1.00. The first-order valence-electron chi connectivity index (χ1n) is 7.74. The molecule has 1 fully saturated rings. The minimum Gasteiger partial charge on any atom is -0.379 e. The predicted molar refractivity (Wildman–Crippen MR) is 94.2 cm³/mol. The molecule has 1 heterocycles. The largest absolute Gasteiger partial charge is 0.379 e. The van der Waals surface area contributed by atoms with Crippen LogP contribution in [0.2, 0.25) is 0 Å². The van der Waals surface area contributed by atoms with E-state index in [2.05, 4.69) is 30.9 Å². The summed E-state index contributed by atoms with van der Waals surface area (Å²) in [7, 11) is -3.73. The molecule has 2 N–H and O–H groups in total. The third-order valence-electron chi connectivity index (χ3n) is 3.68. The molecule has 1 saturated heterocycles.